The molecule has 6 N–H and O–H groups in total. The summed E-state index contributed by atoms with van der Waals surface area (Å²) in [4.78, 5) is 13.1. The molecule has 1 rings (SSSR count). The van der Waals surface area contributed by atoms with E-state index in [1.165, 1.54) is 263 Å². The summed E-state index contributed by atoms with van der Waals surface area (Å²) in [5.41, 5.74) is 0. The highest BCUT2D eigenvalue weighted by atomic mass is 16.7. The number of hydrogen-bond donors (Lipinski definition) is 6. The number of hydrogen-bond acceptors (Lipinski definition) is 8. The second kappa shape index (κ2) is 53.3. The molecule has 1 aliphatic rings. The number of amides is 1. The van der Waals surface area contributed by atoms with Crippen molar-refractivity contribution in [2.75, 3.05) is 13.2 Å². The zero-order chi connectivity index (χ0) is 52.2. The highest BCUT2D eigenvalue weighted by Crippen LogP contribution is 2.24. The normalized spacial score (nSPS) is 19.1. The molecular weight excluding hydrogens is 899 g/mol. The van der Waals surface area contributed by atoms with Gasteiger partial charge in [-0.25, -0.2) is 0 Å². The lowest BCUT2D eigenvalue weighted by Crippen LogP contribution is -2.60. The fourth-order valence-electron chi connectivity index (χ4n) is 10.6. The number of aliphatic hydroxyl groups excluding tert-OH is 5. The van der Waals surface area contributed by atoms with Gasteiger partial charge in [0, 0.05) is 6.42 Å². The zero-order valence-corrected chi connectivity index (χ0v) is 47.7. The van der Waals surface area contributed by atoms with Crippen LogP contribution < -0.4 is 5.32 Å². The summed E-state index contributed by atoms with van der Waals surface area (Å²) in [7, 11) is 0. The number of allylic oxidation sites excluding steroid dienone is 2. The molecule has 9 heteroatoms. The Balaban J connectivity index is 2.02. The summed E-state index contributed by atoms with van der Waals surface area (Å²) in [6.45, 7) is 3.87. The molecule has 7 atom stereocenters. The third-order valence-corrected chi connectivity index (χ3v) is 15.6. The molecule has 7 unspecified atom stereocenters. The van der Waals surface area contributed by atoms with Crippen molar-refractivity contribution in [1.29, 1.82) is 0 Å². The molecular formula is C63H123NO8. The van der Waals surface area contributed by atoms with Crippen LogP contribution in [0.1, 0.15) is 328 Å². The van der Waals surface area contributed by atoms with Crippen molar-refractivity contribution in [3.05, 3.63) is 12.2 Å². The fourth-order valence-corrected chi connectivity index (χ4v) is 10.6. The Labute approximate surface area is 446 Å². The predicted octanol–water partition coefficient (Wildman–Crippen LogP) is 16.4. The van der Waals surface area contributed by atoms with E-state index in [1.54, 1.807) is 0 Å². The van der Waals surface area contributed by atoms with E-state index in [-0.39, 0.29) is 12.5 Å². The Hall–Kier alpha value is -1.07. The fraction of sp³-hybridized carbons (Fsp3) is 0.952. The summed E-state index contributed by atoms with van der Waals surface area (Å²) in [5.74, 6) is -0.139. The van der Waals surface area contributed by atoms with Crippen LogP contribution in [0.15, 0.2) is 12.2 Å². The smallest absolute Gasteiger partial charge is 0.220 e. The average molecular weight is 1020 g/mol. The standard InChI is InChI=1S/C63H123NO8/c1-3-5-7-9-11-13-15-17-18-19-20-21-22-23-24-25-26-27-28-29-30-31-32-33-34-35-36-37-38-39-40-41-43-45-47-49-51-53-59(67)64-56(55-71-63-62(70)61(69)60(68)58(54-65)72-63)57(66)52-50-48-46-44-42-16-14-12-10-8-6-4-2/h27-28,56-58,60-63,65-66,68-70H,3-26,29-55H2,1-2H3,(H,64,67)/b28-27-. The molecule has 1 fully saturated rings. The number of carbonyl (C=O) groups is 1. The van der Waals surface area contributed by atoms with Gasteiger partial charge in [0.2, 0.25) is 5.91 Å². The number of rotatable bonds is 56. The van der Waals surface area contributed by atoms with Crippen molar-refractivity contribution < 1.29 is 39.8 Å². The highest BCUT2D eigenvalue weighted by molar-refractivity contribution is 5.76. The Morgan fingerprint density at radius 2 is 0.778 bits per heavy atom. The predicted molar refractivity (Wildman–Crippen MR) is 304 cm³/mol. The van der Waals surface area contributed by atoms with Crippen molar-refractivity contribution >= 4 is 5.91 Å². The molecule has 0 aromatic rings. The molecule has 0 aromatic heterocycles. The zero-order valence-electron chi connectivity index (χ0n) is 47.7. The maximum Gasteiger partial charge on any atom is 0.220 e. The van der Waals surface area contributed by atoms with E-state index in [2.05, 4.69) is 31.3 Å². The van der Waals surface area contributed by atoms with Gasteiger partial charge in [-0.3, -0.25) is 4.79 Å². The van der Waals surface area contributed by atoms with Crippen molar-refractivity contribution in [2.45, 2.75) is 371 Å². The lowest BCUT2D eigenvalue weighted by Gasteiger charge is -2.40. The molecule has 0 saturated carbocycles. The molecule has 1 aliphatic heterocycles. The van der Waals surface area contributed by atoms with Gasteiger partial charge >= 0.3 is 0 Å². The number of unbranched alkanes of at least 4 members (excludes halogenated alkanes) is 44. The van der Waals surface area contributed by atoms with Crippen LogP contribution >= 0.6 is 0 Å². The molecule has 1 heterocycles. The molecule has 0 radical (unpaired) electrons. The Morgan fingerprint density at radius 3 is 1.12 bits per heavy atom. The topological polar surface area (TPSA) is 149 Å². The molecule has 0 spiro atoms. The van der Waals surface area contributed by atoms with E-state index in [9.17, 15) is 30.3 Å². The van der Waals surface area contributed by atoms with Gasteiger partial charge in [-0.1, -0.05) is 296 Å². The Morgan fingerprint density at radius 1 is 0.458 bits per heavy atom. The van der Waals surface area contributed by atoms with Gasteiger partial charge in [-0.2, -0.15) is 0 Å². The first-order chi connectivity index (χ1) is 35.3. The van der Waals surface area contributed by atoms with Gasteiger partial charge in [0.15, 0.2) is 6.29 Å². The molecule has 1 saturated heterocycles. The summed E-state index contributed by atoms with van der Waals surface area (Å²) in [5, 5.41) is 54.6. The van der Waals surface area contributed by atoms with Gasteiger partial charge < -0.3 is 40.3 Å². The minimum atomic E-state index is -1.55. The van der Waals surface area contributed by atoms with Crippen molar-refractivity contribution in [2.24, 2.45) is 0 Å². The van der Waals surface area contributed by atoms with Crippen molar-refractivity contribution in [3.63, 3.8) is 0 Å². The van der Waals surface area contributed by atoms with E-state index >= 15 is 0 Å². The number of carbonyl (C=O) groups excluding carboxylic acids is 1. The third kappa shape index (κ3) is 42.1. The third-order valence-electron chi connectivity index (χ3n) is 15.6. The van der Waals surface area contributed by atoms with Crippen LogP contribution in [0.25, 0.3) is 0 Å². The van der Waals surface area contributed by atoms with Gasteiger partial charge in [0.05, 0.1) is 25.4 Å². The number of nitrogens with one attached hydrogen (secondary N) is 1. The van der Waals surface area contributed by atoms with E-state index in [1.807, 2.05) is 0 Å². The maximum absolute atomic E-state index is 13.1. The van der Waals surface area contributed by atoms with Crippen LogP contribution in [0.4, 0.5) is 0 Å². The molecule has 0 aliphatic carbocycles. The summed E-state index contributed by atoms with van der Waals surface area (Å²) in [6.07, 6.45) is 60.0. The van der Waals surface area contributed by atoms with Crippen LogP contribution in [0.2, 0.25) is 0 Å². The largest absolute Gasteiger partial charge is 0.394 e. The molecule has 428 valence electrons. The minimum Gasteiger partial charge on any atom is -0.394 e. The van der Waals surface area contributed by atoms with E-state index in [0.29, 0.717) is 12.8 Å². The maximum atomic E-state index is 13.1. The van der Waals surface area contributed by atoms with Crippen molar-refractivity contribution in [3.8, 4) is 0 Å². The highest BCUT2D eigenvalue weighted by Gasteiger charge is 2.44. The van der Waals surface area contributed by atoms with Crippen LogP contribution in [-0.4, -0.2) is 87.5 Å². The number of aliphatic hydroxyl groups is 5. The van der Waals surface area contributed by atoms with Crippen LogP contribution in [0.5, 0.6) is 0 Å². The van der Waals surface area contributed by atoms with E-state index < -0.39 is 49.5 Å². The SMILES string of the molecule is CCCCCCCCCCCCCCCCCC/C=C\CCCCCCCCCCCCCCCCCCCC(=O)NC(COC1OC(CO)C(O)C(O)C1O)C(O)CCCCCCCCCCCCCC. The van der Waals surface area contributed by atoms with Crippen LogP contribution in [0.3, 0.4) is 0 Å². The second-order valence-corrected chi connectivity index (χ2v) is 22.6. The van der Waals surface area contributed by atoms with Gasteiger partial charge in [-0.05, 0) is 38.5 Å². The van der Waals surface area contributed by atoms with E-state index in [0.717, 1.165) is 38.5 Å². The molecule has 0 bridgehead atoms. The lowest BCUT2D eigenvalue weighted by molar-refractivity contribution is -0.302. The van der Waals surface area contributed by atoms with Crippen LogP contribution in [-0.2, 0) is 14.3 Å². The monoisotopic (exact) mass is 1020 g/mol. The number of ether oxygens (including phenoxy) is 2. The minimum absolute atomic E-state index is 0.133. The van der Waals surface area contributed by atoms with Crippen molar-refractivity contribution in [1.82, 2.24) is 5.32 Å². The first-order valence-electron chi connectivity index (χ1n) is 31.9. The lowest BCUT2D eigenvalue weighted by atomic mass is 9.99. The Bertz CT molecular complexity index is 1140. The summed E-state index contributed by atoms with van der Waals surface area (Å²) in [6, 6.07) is -0.714. The average Bonchev–Trinajstić information content (AvgIpc) is 3.38. The van der Waals surface area contributed by atoms with Gasteiger partial charge in [0.1, 0.15) is 24.4 Å². The summed E-state index contributed by atoms with van der Waals surface area (Å²) < 4.78 is 11.3. The molecule has 1 amide bonds. The quantitative estimate of drug-likeness (QED) is 0.0261. The first-order valence-corrected chi connectivity index (χ1v) is 31.9. The first kappa shape index (κ1) is 68.9. The van der Waals surface area contributed by atoms with Gasteiger partial charge in [-0.15, -0.1) is 0 Å². The Kier molecular flexibility index (Phi) is 51.1. The molecule has 9 nitrogen and oxygen atoms in total. The summed E-state index contributed by atoms with van der Waals surface area (Å²) >= 11 is 0. The van der Waals surface area contributed by atoms with Crippen LogP contribution in [0, 0.1) is 0 Å². The molecule has 0 aromatic carbocycles. The molecule has 72 heavy (non-hydrogen) atoms. The second-order valence-electron chi connectivity index (χ2n) is 22.6. The van der Waals surface area contributed by atoms with E-state index in [4.69, 9.17) is 9.47 Å². The van der Waals surface area contributed by atoms with Gasteiger partial charge in [0.25, 0.3) is 0 Å².